The number of ketones is 1. The molecule has 0 aliphatic heterocycles. The first-order valence-electron chi connectivity index (χ1n) is 5.10. The molecular weight excluding hydrogens is 273 g/mol. The highest BCUT2D eigenvalue weighted by atomic mass is 79.9. The van der Waals surface area contributed by atoms with Gasteiger partial charge in [0.15, 0.2) is 0 Å². The molecule has 0 N–H and O–H groups in total. The first-order valence-corrected chi connectivity index (χ1v) is 5.89. The van der Waals surface area contributed by atoms with Crippen LogP contribution < -0.4 is 0 Å². The number of nitrogens with zero attached hydrogens (tertiary/aromatic N) is 1. The molecule has 1 rings (SSSR count). The SMILES string of the molecule is CN(C)CCC(=O)Cc1cccc(F)c1Br. The predicted molar refractivity (Wildman–Crippen MR) is 66.0 cm³/mol. The van der Waals surface area contributed by atoms with E-state index in [-0.39, 0.29) is 18.0 Å². The minimum absolute atomic E-state index is 0.125. The van der Waals surface area contributed by atoms with Crippen molar-refractivity contribution in [2.24, 2.45) is 0 Å². The Balaban J connectivity index is 2.59. The molecule has 0 spiro atoms. The van der Waals surface area contributed by atoms with Gasteiger partial charge < -0.3 is 4.90 Å². The van der Waals surface area contributed by atoms with E-state index in [9.17, 15) is 9.18 Å². The third-order valence-electron chi connectivity index (χ3n) is 2.26. The minimum Gasteiger partial charge on any atom is -0.309 e. The first kappa shape index (κ1) is 13.3. The second-order valence-corrected chi connectivity index (χ2v) is 4.77. The Bertz CT molecular complexity index is 379. The van der Waals surface area contributed by atoms with Crippen LogP contribution in [-0.4, -0.2) is 31.3 Å². The molecule has 0 saturated carbocycles. The van der Waals surface area contributed by atoms with E-state index in [2.05, 4.69) is 15.9 Å². The lowest BCUT2D eigenvalue weighted by atomic mass is 10.1. The Kier molecular flexibility index (Phi) is 5.09. The zero-order valence-corrected chi connectivity index (χ0v) is 11.1. The molecule has 1 aromatic carbocycles. The second kappa shape index (κ2) is 6.11. The maximum atomic E-state index is 13.2. The van der Waals surface area contributed by atoms with Gasteiger partial charge >= 0.3 is 0 Å². The van der Waals surface area contributed by atoms with E-state index in [1.807, 2.05) is 19.0 Å². The molecule has 88 valence electrons. The quantitative estimate of drug-likeness (QED) is 0.830. The molecule has 1 aromatic rings. The van der Waals surface area contributed by atoms with Crippen LogP contribution in [0.15, 0.2) is 22.7 Å². The fourth-order valence-corrected chi connectivity index (χ4v) is 1.74. The normalized spacial score (nSPS) is 10.8. The summed E-state index contributed by atoms with van der Waals surface area (Å²) in [6, 6.07) is 4.76. The standard InChI is InChI=1S/C12H15BrFNO/c1-15(2)7-6-10(16)8-9-4-3-5-11(14)12(9)13/h3-5H,6-8H2,1-2H3. The van der Waals surface area contributed by atoms with Gasteiger partial charge in [-0.1, -0.05) is 12.1 Å². The lowest BCUT2D eigenvalue weighted by molar-refractivity contribution is -0.118. The second-order valence-electron chi connectivity index (χ2n) is 3.98. The summed E-state index contributed by atoms with van der Waals surface area (Å²) in [5.41, 5.74) is 0.712. The summed E-state index contributed by atoms with van der Waals surface area (Å²) >= 11 is 3.15. The van der Waals surface area contributed by atoms with Crippen LogP contribution in [0.4, 0.5) is 4.39 Å². The molecule has 2 nitrogen and oxygen atoms in total. The van der Waals surface area contributed by atoms with Crippen LogP contribution in [0.2, 0.25) is 0 Å². The monoisotopic (exact) mass is 287 g/mol. The Hall–Kier alpha value is -0.740. The number of hydrogen-bond acceptors (Lipinski definition) is 2. The molecule has 16 heavy (non-hydrogen) atoms. The summed E-state index contributed by atoms with van der Waals surface area (Å²) in [6.45, 7) is 0.728. The minimum atomic E-state index is -0.321. The van der Waals surface area contributed by atoms with Crippen LogP contribution in [-0.2, 0) is 11.2 Å². The largest absolute Gasteiger partial charge is 0.309 e. The van der Waals surface area contributed by atoms with Crippen LogP contribution in [0.1, 0.15) is 12.0 Å². The van der Waals surface area contributed by atoms with Crippen LogP contribution in [0, 0.1) is 5.82 Å². The number of halogens is 2. The molecular formula is C12H15BrFNO. The van der Waals surface area contributed by atoms with Crippen molar-refractivity contribution in [1.29, 1.82) is 0 Å². The molecule has 0 bridgehead atoms. The average molecular weight is 288 g/mol. The molecule has 0 saturated heterocycles. The Labute approximate surface area is 104 Å². The number of benzene rings is 1. The number of hydrogen-bond donors (Lipinski definition) is 0. The van der Waals surface area contributed by atoms with Gasteiger partial charge in [-0.25, -0.2) is 4.39 Å². The van der Waals surface area contributed by atoms with Crippen molar-refractivity contribution in [2.45, 2.75) is 12.8 Å². The van der Waals surface area contributed by atoms with Crippen LogP contribution in [0.3, 0.4) is 0 Å². The molecule has 0 radical (unpaired) electrons. The van der Waals surface area contributed by atoms with E-state index in [1.54, 1.807) is 12.1 Å². The summed E-state index contributed by atoms with van der Waals surface area (Å²) in [4.78, 5) is 13.6. The van der Waals surface area contributed by atoms with Crippen LogP contribution in [0.25, 0.3) is 0 Å². The van der Waals surface area contributed by atoms with Crippen molar-refractivity contribution in [3.05, 3.63) is 34.1 Å². The molecule has 4 heteroatoms. The van der Waals surface area contributed by atoms with Gasteiger partial charge in [0.05, 0.1) is 4.47 Å². The highest BCUT2D eigenvalue weighted by molar-refractivity contribution is 9.10. The topological polar surface area (TPSA) is 20.3 Å². The van der Waals surface area contributed by atoms with Crippen LogP contribution in [0.5, 0.6) is 0 Å². The van der Waals surface area contributed by atoms with E-state index >= 15 is 0 Å². The Morgan fingerprint density at radius 1 is 1.44 bits per heavy atom. The van der Waals surface area contributed by atoms with Gasteiger partial charge in [0.1, 0.15) is 11.6 Å². The maximum Gasteiger partial charge on any atom is 0.138 e. The molecule has 0 fully saturated rings. The number of carbonyl (C=O) groups is 1. The average Bonchev–Trinajstić information content (AvgIpc) is 2.22. The van der Waals surface area contributed by atoms with Gasteiger partial charge in [0.25, 0.3) is 0 Å². The third-order valence-corrected chi connectivity index (χ3v) is 3.15. The highest BCUT2D eigenvalue weighted by Crippen LogP contribution is 2.21. The zero-order chi connectivity index (χ0) is 12.1. The Morgan fingerprint density at radius 3 is 2.75 bits per heavy atom. The molecule has 0 heterocycles. The van der Waals surface area contributed by atoms with E-state index < -0.39 is 0 Å². The highest BCUT2D eigenvalue weighted by Gasteiger charge is 2.09. The molecule has 0 amide bonds. The zero-order valence-electron chi connectivity index (χ0n) is 9.46. The van der Waals surface area contributed by atoms with E-state index in [1.165, 1.54) is 6.07 Å². The van der Waals surface area contributed by atoms with Gasteiger partial charge in [-0.3, -0.25) is 4.79 Å². The summed E-state index contributed by atoms with van der Waals surface area (Å²) in [6.07, 6.45) is 0.780. The van der Waals surface area contributed by atoms with Gasteiger partial charge in [0.2, 0.25) is 0 Å². The van der Waals surface area contributed by atoms with Crippen molar-refractivity contribution in [3.8, 4) is 0 Å². The van der Waals surface area contributed by atoms with Crippen LogP contribution >= 0.6 is 15.9 Å². The van der Waals surface area contributed by atoms with Crippen molar-refractivity contribution >= 4 is 21.7 Å². The summed E-state index contributed by atoms with van der Waals surface area (Å²) < 4.78 is 13.6. The first-order chi connectivity index (χ1) is 7.50. The molecule has 0 aromatic heterocycles. The Morgan fingerprint density at radius 2 is 2.12 bits per heavy atom. The number of rotatable bonds is 5. The van der Waals surface area contributed by atoms with Gasteiger partial charge in [-0.15, -0.1) is 0 Å². The number of Topliss-reactive ketones (excluding diaryl/α,β-unsaturated/α-hetero) is 1. The summed E-state index contributed by atoms with van der Waals surface area (Å²) in [5, 5.41) is 0. The molecule has 0 aliphatic carbocycles. The van der Waals surface area contributed by atoms with Crippen molar-refractivity contribution in [2.75, 3.05) is 20.6 Å². The van der Waals surface area contributed by atoms with Crippen molar-refractivity contribution < 1.29 is 9.18 Å². The lowest BCUT2D eigenvalue weighted by Crippen LogP contribution is -2.17. The van der Waals surface area contributed by atoms with Gasteiger partial charge in [0, 0.05) is 19.4 Å². The number of carbonyl (C=O) groups excluding carboxylic acids is 1. The van der Waals surface area contributed by atoms with Gasteiger partial charge in [-0.05, 0) is 41.7 Å². The van der Waals surface area contributed by atoms with Crippen molar-refractivity contribution in [1.82, 2.24) is 4.90 Å². The summed E-state index contributed by atoms with van der Waals surface area (Å²) in [7, 11) is 3.84. The molecule has 0 unspecified atom stereocenters. The molecule has 0 aliphatic rings. The fraction of sp³-hybridized carbons (Fsp3) is 0.417. The smallest absolute Gasteiger partial charge is 0.138 e. The predicted octanol–water partition coefficient (Wildman–Crippen LogP) is 2.65. The third kappa shape index (κ3) is 4.02. The lowest BCUT2D eigenvalue weighted by Gasteiger charge is -2.09. The van der Waals surface area contributed by atoms with Gasteiger partial charge in [-0.2, -0.15) is 0 Å². The van der Waals surface area contributed by atoms with Crippen molar-refractivity contribution in [3.63, 3.8) is 0 Å². The molecule has 0 atom stereocenters. The fourth-order valence-electron chi connectivity index (χ4n) is 1.33. The van der Waals surface area contributed by atoms with E-state index in [4.69, 9.17) is 0 Å². The maximum absolute atomic E-state index is 13.2. The summed E-state index contributed by atoms with van der Waals surface area (Å²) in [5.74, 6) is -0.196. The van der Waals surface area contributed by atoms with E-state index in [0.29, 0.717) is 16.5 Å². The van der Waals surface area contributed by atoms with E-state index in [0.717, 1.165) is 6.54 Å².